The maximum absolute atomic E-state index is 14.4. The van der Waals surface area contributed by atoms with Crippen LogP contribution in [0.3, 0.4) is 0 Å². The third-order valence-corrected chi connectivity index (χ3v) is 4.98. The average molecular weight is 450 g/mol. The molecular weight excluding hydrogens is 428 g/mol. The van der Waals surface area contributed by atoms with E-state index in [1.165, 1.54) is 12.4 Å². The van der Waals surface area contributed by atoms with Gasteiger partial charge in [-0.25, -0.2) is 13.6 Å². The van der Waals surface area contributed by atoms with Crippen molar-refractivity contribution in [3.05, 3.63) is 53.3 Å². The van der Waals surface area contributed by atoms with E-state index in [1.54, 1.807) is 26.0 Å². The van der Waals surface area contributed by atoms with Crippen molar-refractivity contribution in [1.29, 1.82) is 0 Å². The molecule has 0 bridgehead atoms. The number of amides is 1. The van der Waals surface area contributed by atoms with Crippen LogP contribution in [0.15, 0.2) is 36.7 Å². The van der Waals surface area contributed by atoms with E-state index in [-0.39, 0.29) is 21.8 Å². The Bertz CT molecular complexity index is 1120. The molecule has 2 N–H and O–H groups in total. The van der Waals surface area contributed by atoms with E-state index in [0.29, 0.717) is 30.0 Å². The molecule has 3 aromatic rings. The summed E-state index contributed by atoms with van der Waals surface area (Å²) >= 11 is 6.36. The molecular formula is C22H22ClF2N3O3. The maximum Gasteiger partial charge on any atom is 0.405 e. The summed E-state index contributed by atoms with van der Waals surface area (Å²) in [6, 6.07) is 5.09. The molecule has 0 radical (unpaired) electrons. The van der Waals surface area contributed by atoms with Crippen molar-refractivity contribution in [3.63, 3.8) is 0 Å². The van der Waals surface area contributed by atoms with Crippen molar-refractivity contribution in [3.8, 4) is 17.0 Å². The zero-order valence-electron chi connectivity index (χ0n) is 17.2. The molecule has 2 heterocycles. The molecule has 31 heavy (non-hydrogen) atoms. The summed E-state index contributed by atoms with van der Waals surface area (Å²) in [5.74, 6) is -1.06. The number of halogens is 3. The normalized spacial score (nSPS) is 12.6. The standard InChI is InChI=1S/C22H22ClF2N3O3/c1-12(9-22(2,3)28-21(29)30)11-31-19-10-27-17(8-15(19)23)14-4-5-26-18-7-13(24)6-16(25)20(14)18/h4-8,10,12,28H,9,11H2,1-3H3,(H,29,30). The highest BCUT2D eigenvalue weighted by Crippen LogP contribution is 2.33. The van der Waals surface area contributed by atoms with Gasteiger partial charge in [0.05, 0.1) is 29.0 Å². The number of nitrogens with zero attached hydrogens (tertiary/aromatic N) is 2. The number of hydrogen-bond donors (Lipinski definition) is 2. The lowest BCUT2D eigenvalue weighted by Crippen LogP contribution is -2.44. The molecule has 0 fully saturated rings. The van der Waals surface area contributed by atoms with Crippen LogP contribution in [0.25, 0.3) is 22.2 Å². The first kappa shape index (κ1) is 22.7. The minimum atomic E-state index is -1.08. The summed E-state index contributed by atoms with van der Waals surface area (Å²) in [5, 5.41) is 11.8. The molecule has 3 rings (SSSR count). The number of benzene rings is 1. The molecule has 0 aliphatic carbocycles. The Labute approximate surface area is 183 Å². The minimum Gasteiger partial charge on any atom is -0.490 e. The third kappa shape index (κ3) is 5.58. The monoisotopic (exact) mass is 449 g/mol. The number of hydrogen-bond acceptors (Lipinski definition) is 4. The maximum atomic E-state index is 14.4. The highest BCUT2D eigenvalue weighted by atomic mass is 35.5. The van der Waals surface area contributed by atoms with Gasteiger partial charge in [-0.15, -0.1) is 0 Å². The topological polar surface area (TPSA) is 84.3 Å². The quantitative estimate of drug-likeness (QED) is 0.484. The van der Waals surface area contributed by atoms with Gasteiger partial charge < -0.3 is 15.2 Å². The van der Waals surface area contributed by atoms with Crippen LogP contribution >= 0.6 is 11.6 Å². The van der Waals surface area contributed by atoms with Crippen molar-refractivity contribution >= 4 is 28.6 Å². The Hall–Kier alpha value is -3.00. The number of rotatable bonds is 7. The average Bonchev–Trinajstić information content (AvgIpc) is 2.64. The highest BCUT2D eigenvalue weighted by molar-refractivity contribution is 6.32. The van der Waals surface area contributed by atoms with Crippen LogP contribution in [0, 0.1) is 17.6 Å². The number of fused-ring (bicyclic) bond motifs is 1. The lowest BCUT2D eigenvalue weighted by Gasteiger charge is -2.28. The molecule has 1 atom stereocenters. The van der Waals surface area contributed by atoms with Crippen molar-refractivity contribution in [1.82, 2.24) is 15.3 Å². The predicted molar refractivity (Wildman–Crippen MR) is 114 cm³/mol. The van der Waals surface area contributed by atoms with E-state index in [9.17, 15) is 13.6 Å². The number of aromatic nitrogens is 2. The van der Waals surface area contributed by atoms with Gasteiger partial charge in [0.2, 0.25) is 0 Å². The van der Waals surface area contributed by atoms with E-state index in [0.717, 1.165) is 12.1 Å². The molecule has 164 valence electrons. The number of ether oxygens (including phenoxy) is 1. The van der Waals surface area contributed by atoms with E-state index in [4.69, 9.17) is 21.4 Å². The van der Waals surface area contributed by atoms with Gasteiger partial charge >= 0.3 is 6.09 Å². The lowest BCUT2D eigenvalue weighted by molar-refractivity contribution is 0.169. The van der Waals surface area contributed by atoms with Gasteiger partial charge in [0.25, 0.3) is 0 Å². The lowest BCUT2D eigenvalue weighted by atomic mass is 9.92. The van der Waals surface area contributed by atoms with Crippen LogP contribution in [0.4, 0.5) is 13.6 Å². The van der Waals surface area contributed by atoms with Crippen LogP contribution in [-0.4, -0.2) is 33.3 Å². The molecule has 1 aromatic carbocycles. The summed E-state index contributed by atoms with van der Waals surface area (Å²) in [6.07, 6.45) is 2.37. The van der Waals surface area contributed by atoms with Gasteiger partial charge in [-0.2, -0.15) is 0 Å². The van der Waals surface area contributed by atoms with Gasteiger partial charge in [-0.1, -0.05) is 18.5 Å². The van der Waals surface area contributed by atoms with Gasteiger partial charge in [0, 0.05) is 34.8 Å². The molecule has 0 saturated carbocycles. The molecule has 0 aliphatic rings. The smallest absolute Gasteiger partial charge is 0.405 e. The van der Waals surface area contributed by atoms with E-state index in [2.05, 4.69) is 15.3 Å². The van der Waals surface area contributed by atoms with Crippen molar-refractivity contribution in [2.24, 2.45) is 5.92 Å². The van der Waals surface area contributed by atoms with E-state index >= 15 is 0 Å². The Morgan fingerprint density at radius 1 is 1.29 bits per heavy atom. The highest BCUT2D eigenvalue weighted by Gasteiger charge is 2.23. The Balaban J connectivity index is 1.77. The zero-order chi connectivity index (χ0) is 22.8. The minimum absolute atomic E-state index is 0.0331. The van der Waals surface area contributed by atoms with Gasteiger partial charge in [-0.3, -0.25) is 9.97 Å². The summed E-state index contributed by atoms with van der Waals surface area (Å²) < 4.78 is 33.6. The van der Waals surface area contributed by atoms with Crippen LogP contribution in [0.5, 0.6) is 5.75 Å². The van der Waals surface area contributed by atoms with E-state index < -0.39 is 23.3 Å². The molecule has 1 unspecified atom stereocenters. The van der Waals surface area contributed by atoms with Crippen molar-refractivity contribution in [2.75, 3.05) is 6.61 Å². The second-order valence-electron chi connectivity index (χ2n) is 8.07. The van der Waals surface area contributed by atoms with Crippen molar-refractivity contribution < 1.29 is 23.4 Å². The molecule has 0 aliphatic heterocycles. The Kier molecular flexibility index (Phi) is 6.59. The number of nitrogens with one attached hydrogen (secondary N) is 1. The van der Waals surface area contributed by atoms with Crippen molar-refractivity contribution in [2.45, 2.75) is 32.7 Å². The van der Waals surface area contributed by atoms with Crippen LogP contribution in [0.1, 0.15) is 27.2 Å². The Morgan fingerprint density at radius 2 is 2.03 bits per heavy atom. The van der Waals surface area contributed by atoms with Crippen LogP contribution in [0.2, 0.25) is 5.02 Å². The van der Waals surface area contributed by atoms with Crippen LogP contribution < -0.4 is 10.1 Å². The second kappa shape index (κ2) is 9.01. The third-order valence-electron chi connectivity index (χ3n) is 4.68. The zero-order valence-corrected chi connectivity index (χ0v) is 18.0. The summed E-state index contributed by atoms with van der Waals surface area (Å²) in [4.78, 5) is 19.2. The van der Waals surface area contributed by atoms with Gasteiger partial charge in [-0.05, 0) is 38.3 Å². The summed E-state index contributed by atoms with van der Waals surface area (Å²) in [7, 11) is 0. The summed E-state index contributed by atoms with van der Waals surface area (Å²) in [5.41, 5.74) is 0.410. The fourth-order valence-corrected chi connectivity index (χ4v) is 3.80. The molecule has 1 amide bonds. The molecule has 2 aromatic heterocycles. The number of pyridine rings is 2. The molecule has 6 nitrogen and oxygen atoms in total. The van der Waals surface area contributed by atoms with Gasteiger partial charge in [0.1, 0.15) is 11.6 Å². The van der Waals surface area contributed by atoms with E-state index in [1.807, 2.05) is 6.92 Å². The molecule has 9 heteroatoms. The number of carboxylic acid groups (broad SMARTS) is 1. The van der Waals surface area contributed by atoms with Gasteiger partial charge in [0.15, 0.2) is 5.75 Å². The fraction of sp³-hybridized carbons (Fsp3) is 0.318. The van der Waals surface area contributed by atoms with Crippen LogP contribution in [-0.2, 0) is 0 Å². The molecule has 0 saturated heterocycles. The molecule has 0 spiro atoms. The first-order chi connectivity index (χ1) is 14.6. The second-order valence-corrected chi connectivity index (χ2v) is 8.48. The summed E-state index contributed by atoms with van der Waals surface area (Å²) in [6.45, 7) is 5.83. The Morgan fingerprint density at radius 3 is 2.71 bits per heavy atom. The fourth-order valence-electron chi connectivity index (χ4n) is 3.59. The SMILES string of the molecule is CC(COc1cnc(-c2ccnc3cc(F)cc(F)c23)cc1Cl)CC(C)(C)NC(=O)O. The first-order valence-corrected chi connectivity index (χ1v) is 9.97. The number of carbonyl (C=O) groups is 1. The largest absolute Gasteiger partial charge is 0.490 e. The first-order valence-electron chi connectivity index (χ1n) is 9.59. The predicted octanol–water partition coefficient (Wildman–Crippen LogP) is 5.68.